The van der Waals surface area contributed by atoms with Crippen molar-refractivity contribution in [1.82, 2.24) is 25.8 Å². The zero-order valence-corrected chi connectivity index (χ0v) is 24.4. The lowest BCUT2D eigenvalue weighted by atomic mass is 10.0. The van der Waals surface area contributed by atoms with Gasteiger partial charge in [0.25, 0.3) is 11.8 Å². The highest BCUT2D eigenvalue weighted by Gasteiger charge is 2.34. The van der Waals surface area contributed by atoms with Crippen LogP contribution in [0.25, 0.3) is 0 Å². The fourth-order valence-electron chi connectivity index (χ4n) is 4.90. The van der Waals surface area contributed by atoms with Crippen LogP contribution in [-0.2, 0) is 16.1 Å². The highest BCUT2D eigenvalue weighted by atomic mass is 35.5. The molecule has 2 atom stereocenters. The Morgan fingerprint density at radius 2 is 1.93 bits per heavy atom. The number of H-pyrrole nitrogens is 1. The van der Waals surface area contributed by atoms with E-state index in [1.165, 1.54) is 0 Å². The number of piperidine rings is 1. The van der Waals surface area contributed by atoms with Crippen LogP contribution >= 0.6 is 11.6 Å². The zero-order chi connectivity index (χ0) is 30.2. The van der Waals surface area contributed by atoms with Crippen LogP contribution in [-0.4, -0.2) is 86.4 Å². The first-order chi connectivity index (χ1) is 20.9. The first-order valence-corrected chi connectivity index (χ1v) is 14.4. The molecule has 1 saturated heterocycles. The Kier molecular flexibility index (Phi) is 10.0. The predicted octanol–water partition coefficient (Wildman–Crippen LogP) is 3.33. The van der Waals surface area contributed by atoms with Gasteiger partial charge in [0.05, 0.1) is 30.4 Å². The number of amides is 4. The van der Waals surface area contributed by atoms with E-state index in [9.17, 15) is 14.4 Å². The van der Waals surface area contributed by atoms with Gasteiger partial charge in [-0.25, -0.2) is 4.79 Å². The first-order valence-electron chi connectivity index (χ1n) is 14.0. The number of benzene rings is 2. The minimum absolute atomic E-state index is 0.197. The maximum atomic E-state index is 13.1. The predicted molar refractivity (Wildman–Crippen MR) is 158 cm³/mol. The van der Waals surface area contributed by atoms with Crippen LogP contribution in [0.1, 0.15) is 32.8 Å². The van der Waals surface area contributed by atoms with Gasteiger partial charge in [0, 0.05) is 51.1 Å². The first kappa shape index (κ1) is 30.2. The van der Waals surface area contributed by atoms with E-state index in [4.69, 9.17) is 30.5 Å². The van der Waals surface area contributed by atoms with Crippen LogP contribution in [0.4, 0.5) is 4.79 Å². The van der Waals surface area contributed by atoms with Gasteiger partial charge in [0.2, 0.25) is 0 Å². The smallest absolute Gasteiger partial charge is 0.315 e. The molecule has 1 aromatic heterocycles. The Morgan fingerprint density at radius 1 is 1.07 bits per heavy atom. The average Bonchev–Trinajstić information content (AvgIpc) is 3.44. The topological polar surface area (TPSA) is 143 Å². The quantitative estimate of drug-likeness (QED) is 0.324. The normalized spacial score (nSPS) is 19.4. The van der Waals surface area contributed by atoms with Gasteiger partial charge in [-0.2, -0.15) is 0 Å². The molecule has 2 aromatic carbocycles. The molecule has 13 heteroatoms. The summed E-state index contributed by atoms with van der Waals surface area (Å²) in [6.07, 6.45) is 1.56. The zero-order valence-electron chi connectivity index (χ0n) is 23.7. The second-order valence-corrected chi connectivity index (χ2v) is 10.6. The van der Waals surface area contributed by atoms with Crippen LogP contribution in [0.2, 0.25) is 5.02 Å². The molecule has 0 unspecified atom stereocenters. The van der Waals surface area contributed by atoms with Crippen molar-refractivity contribution in [2.45, 2.75) is 25.2 Å². The standard InChI is InChI=1S/C30H34ClN5O7/c1-40-9-10-41-23-12-20-13-24(15-23)43-22-4-2-3-19(11-22)18-42-27-17-36(29(38)26-14-21(31)16-34-26)8-5-25(27)35-30(39)33-7-6-32-28(20)37/h2-4,11-16,25,27,34H,5-10,17-18H2,1H3,(H,32,37)(H2,33,35,39)/t25-,27-/m0/s1. The summed E-state index contributed by atoms with van der Waals surface area (Å²) in [5, 5.41) is 9.01. The summed E-state index contributed by atoms with van der Waals surface area (Å²) in [7, 11) is 1.58. The van der Waals surface area contributed by atoms with Gasteiger partial charge >= 0.3 is 6.03 Å². The number of carbonyl (C=O) groups is 3. The monoisotopic (exact) mass is 611 g/mol. The maximum absolute atomic E-state index is 13.1. The number of nitrogens with zero attached hydrogens (tertiary/aromatic N) is 1. The number of aromatic nitrogens is 1. The van der Waals surface area contributed by atoms with Crippen LogP contribution in [0.5, 0.6) is 17.2 Å². The second-order valence-electron chi connectivity index (χ2n) is 10.2. The number of hydrogen-bond acceptors (Lipinski definition) is 7. The Morgan fingerprint density at radius 3 is 2.74 bits per heavy atom. The van der Waals surface area contributed by atoms with Crippen molar-refractivity contribution >= 4 is 29.4 Å². The fourth-order valence-corrected chi connectivity index (χ4v) is 5.06. The van der Waals surface area contributed by atoms with Crippen molar-refractivity contribution in [2.24, 2.45) is 0 Å². The third-order valence-electron chi connectivity index (χ3n) is 7.03. The molecule has 0 spiro atoms. The van der Waals surface area contributed by atoms with Crippen LogP contribution in [0, 0.1) is 0 Å². The number of aromatic amines is 1. The number of ether oxygens (including phenoxy) is 4. The molecule has 3 aromatic rings. The number of hydrogen-bond donors (Lipinski definition) is 4. The van der Waals surface area contributed by atoms with Crippen LogP contribution in [0.15, 0.2) is 54.7 Å². The molecule has 228 valence electrons. The van der Waals surface area contributed by atoms with E-state index in [1.54, 1.807) is 48.5 Å². The van der Waals surface area contributed by atoms with Crippen molar-refractivity contribution in [3.05, 3.63) is 76.6 Å². The summed E-state index contributed by atoms with van der Waals surface area (Å²) in [4.78, 5) is 43.4. The van der Waals surface area contributed by atoms with Gasteiger partial charge in [-0.1, -0.05) is 23.7 Å². The summed E-state index contributed by atoms with van der Waals surface area (Å²) < 4.78 is 23.3. The van der Waals surface area contributed by atoms with E-state index >= 15 is 0 Å². The van der Waals surface area contributed by atoms with Gasteiger partial charge < -0.3 is 44.8 Å². The average molecular weight is 612 g/mol. The maximum Gasteiger partial charge on any atom is 0.315 e. The molecule has 4 amide bonds. The van der Waals surface area contributed by atoms with E-state index in [0.29, 0.717) is 59.7 Å². The second kappa shape index (κ2) is 14.3. The number of likely N-dealkylation sites (tertiary alicyclic amines) is 1. The third-order valence-corrected chi connectivity index (χ3v) is 7.25. The number of nitrogens with one attached hydrogen (secondary N) is 4. The Bertz CT molecular complexity index is 1450. The molecule has 12 nitrogen and oxygen atoms in total. The molecule has 2 aliphatic heterocycles. The van der Waals surface area contributed by atoms with Crippen LogP contribution < -0.4 is 25.4 Å². The van der Waals surface area contributed by atoms with Crippen molar-refractivity contribution in [3.63, 3.8) is 0 Å². The van der Waals surface area contributed by atoms with Gasteiger partial charge in [-0.15, -0.1) is 0 Å². The molecule has 2 aliphatic rings. The highest BCUT2D eigenvalue weighted by Crippen LogP contribution is 2.29. The van der Waals surface area contributed by atoms with Crippen molar-refractivity contribution in [2.75, 3.05) is 46.5 Å². The number of rotatable bonds is 5. The van der Waals surface area contributed by atoms with Crippen molar-refractivity contribution in [3.8, 4) is 17.2 Å². The van der Waals surface area contributed by atoms with Crippen molar-refractivity contribution < 1.29 is 33.3 Å². The van der Waals surface area contributed by atoms with Crippen molar-refractivity contribution in [1.29, 1.82) is 0 Å². The summed E-state index contributed by atoms with van der Waals surface area (Å²) in [5.74, 6) is 0.878. The lowest BCUT2D eigenvalue weighted by Crippen LogP contribution is -2.58. The summed E-state index contributed by atoms with van der Waals surface area (Å²) in [6.45, 7) is 2.00. The summed E-state index contributed by atoms with van der Waals surface area (Å²) >= 11 is 6.01. The number of methoxy groups -OCH3 is 1. The molecule has 1 fully saturated rings. The highest BCUT2D eigenvalue weighted by molar-refractivity contribution is 6.30. The molecular weight excluding hydrogens is 578 g/mol. The lowest BCUT2D eigenvalue weighted by Gasteiger charge is -2.38. The summed E-state index contributed by atoms with van der Waals surface area (Å²) in [5.41, 5.74) is 1.56. The minimum atomic E-state index is -0.486. The number of urea groups is 1. The Labute approximate surface area is 254 Å². The fraction of sp³-hybridized carbons (Fsp3) is 0.367. The van der Waals surface area contributed by atoms with E-state index in [-0.39, 0.29) is 44.1 Å². The van der Waals surface area contributed by atoms with E-state index in [0.717, 1.165) is 5.56 Å². The number of halogens is 1. The minimum Gasteiger partial charge on any atom is -0.491 e. The van der Waals surface area contributed by atoms with Crippen LogP contribution in [0.3, 0.4) is 0 Å². The molecule has 0 radical (unpaired) electrons. The van der Waals surface area contributed by atoms with Gasteiger partial charge in [0.1, 0.15) is 29.5 Å². The van der Waals surface area contributed by atoms with E-state index in [1.807, 2.05) is 18.2 Å². The molecule has 4 N–H and O–H groups in total. The Hall–Kier alpha value is -4.26. The molecule has 0 saturated carbocycles. The van der Waals surface area contributed by atoms with Gasteiger partial charge in [-0.3, -0.25) is 9.59 Å². The Balaban J connectivity index is 1.37. The molecule has 0 aliphatic carbocycles. The SMILES string of the molecule is COCCOc1cc2cc(c1)C(=O)NCCNC(=O)N[C@H]1CCN(C(=O)c3cc(Cl)c[nH]3)C[C@@H]1OCc1cccc(c1)O2. The molecule has 5 rings (SSSR count). The largest absolute Gasteiger partial charge is 0.491 e. The number of fused-ring (bicyclic) bond motifs is 5. The third kappa shape index (κ3) is 8.19. The summed E-state index contributed by atoms with van der Waals surface area (Å²) in [6, 6.07) is 13.2. The molecular formula is C30H34ClN5O7. The van der Waals surface area contributed by atoms with Gasteiger partial charge in [0.15, 0.2) is 0 Å². The lowest BCUT2D eigenvalue weighted by molar-refractivity contribution is -0.0236. The van der Waals surface area contributed by atoms with E-state index < -0.39 is 12.1 Å². The molecule has 3 heterocycles. The van der Waals surface area contributed by atoms with Gasteiger partial charge in [-0.05, 0) is 42.3 Å². The number of carbonyl (C=O) groups excluding carboxylic acids is 3. The molecule has 4 bridgehead atoms. The van der Waals surface area contributed by atoms with E-state index in [2.05, 4.69) is 20.9 Å². The molecule has 43 heavy (non-hydrogen) atoms.